The van der Waals surface area contributed by atoms with Crippen LogP contribution in [-0.4, -0.2) is 13.1 Å². The molecule has 0 atom stereocenters. The maximum atomic E-state index is 11.3. The van der Waals surface area contributed by atoms with Crippen LogP contribution in [-0.2, 0) is 11.2 Å². The summed E-state index contributed by atoms with van der Waals surface area (Å²) in [4.78, 5) is 11.3. The number of esters is 1. The highest BCUT2D eigenvalue weighted by atomic mass is 16.5. The highest BCUT2D eigenvalue weighted by Gasteiger charge is 2.12. The van der Waals surface area contributed by atoms with Crippen molar-refractivity contribution in [1.29, 1.82) is 0 Å². The number of carbonyl (C=O) groups is 1. The van der Waals surface area contributed by atoms with Crippen molar-refractivity contribution in [2.24, 2.45) is 0 Å². The molecule has 0 saturated heterocycles. The van der Waals surface area contributed by atoms with Gasteiger partial charge in [-0.1, -0.05) is 17.7 Å². The average molecular weight is 188 g/mol. The second-order valence-electron chi connectivity index (χ2n) is 3.57. The number of methoxy groups -OCH3 is 1. The molecular formula is C12H12O2. The first-order valence-corrected chi connectivity index (χ1v) is 4.59. The Morgan fingerprint density at radius 3 is 2.93 bits per heavy atom. The molecule has 0 bridgehead atoms. The molecule has 0 radical (unpaired) electrons. The smallest absolute Gasteiger partial charge is 0.337 e. The van der Waals surface area contributed by atoms with Crippen molar-refractivity contribution < 1.29 is 9.53 Å². The van der Waals surface area contributed by atoms with E-state index in [2.05, 4.69) is 17.7 Å². The number of allylic oxidation sites excluding steroid dienone is 1. The average Bonchev–Trinajstić information content (AvgIpc) is 2.55. The number of ether oxygens (including phenoxy) is 1. The Morgan fingerprint density at radius 1 is 1.43 bits per heavy atom. The minimum atomic E-state index is -0.272. The van der Waals surface area contributed by atoms with Crippen LogP contribution in [0.1, 0.15) is 28.4 Å². The summed E-state index contributed by atoms with van der Waals surface area (Å²) < 4.78 is 4.66. The maximum absolute atomic E-state index is 11.3. The van der Waals surface area contributed by atoms with E-state index < -0.39 is 0 Å². The first-order chi connectivity index (χ1) is 6.70. The quantitative estimate of drug-likeness (QED) is 0.633. The highest BCUT2D eigenvalue weighted by molar-refractivity contribution is 5.90. The Balaban J connectivity index is 2.40. The molecule has 1 aliphatic rings. The number of carbonyl (C=O) groups excluding carboxylic acids is 1. The van der Waals surface area contributed by atoms with Crippen LogP contribution in [0, 0.1) is 0 Å². The van der Waals surface area contributed by atoms with E-state index in [1.165, 1.54) is 18.2 Å². The highest BCUT2D eigenvalue weighted by Crippen LogP contribution is 2.25. The van der Waals surface area contributed by atoms with Crippen LogP contribution in [0.3, 0.4) is 0 Å². The van der Waals surface area contributed by atoms with E-state index in [0.29, 0.717) is 5.56 Å². The van der Waals surface area contributed by atoms with Crippen LogP contribution in [0.2, 0.25) is 0 Å². The van der Waals surface area contributed by atoms with Crippen LogP contribution in [0.4, 0.5) is 0 Å². The van der Waals surface area contributed by atoms with Crippen molar-refractivity contribution in [2.75, 3.05) is 7.11 Å². The molecule has 0 aliphatic heterocycles. The summed E-state index contributed by atoms with van der Waals surface area (Å²) >= 11 is 0. The summed E-state index contributed by atoms with van der Waals surface area (Å²) in [5.41, 5.74) is 4.39. The van der Waals surface area contributed by atoms with Crippen LogP contribution in [0.5, 0.6) is 0 Å². The summed E-state index contributed by atoms with van der Waals surface area (Å²) in [5.74, 6) is -0.272. The Morgan fingerprint density at radius 2 is 2.21 bits per heavy atom. The first-order valence-electron chi connectivity index (χ1n) is 4.59. The largest absolute Gasteiger partial charge is 0.465 e. The Labute approximate surface area is 83.2 Å². The standard InChI is InChI=1S/C12H12O2/c1-8-5-9-3-4-10(12(13)14-2)7-11(9)6-8/h3-4,6-7H,5H2,1-2H3. The van der Waals surface area contributed by atoms with Gasteiger partial charge in [-0.15, -0.1) is 0 Å². The first kappa shape index (κ1) is 9.00. The van der Waals surface area contributed by atoms with Gasteiger partial charge in [0, 0.05) is 0 Å². The third-order valence-corrected chi connectivity index (χ3v) is 2.44. The van der Waals surface area contributed by atoms with E-state index in [0.717, 1.165) is 12.0 Å². The predicted octanol–water partition coefficient (Wildman–Crippen LogP) is 2.43. The van der Waals surface area contributed by atoms with Crippen molar-refractivity contribution in [3.8, 4) is 0 Å². The fraction of sp³-hybridized carbons (Fsp3) is 0.250. The minimum Gasteiger partial charge on any atom is -0.465 e. The van der Waals surface area contributed by atoms with Crippen molar-refractivity contribution in [1.82, 2.24) is 0 Å². The summed E-state index contributed by atoms with van der Waals surface area (Å²) in [5, 5.41) is 0. The Hall–Kier alpha value is -1.57. The number of rotatable bonds is 1. The van der Waals surface area contributed by atoms with Gasteiger partial charge in [0.15, 0.2) is 0 Å². The third kappa shape index (κ3) is 1.43. The fourth-order valence-electron chi connectivity index (χ4n) is 1.75. The van der Waals surface area contributed by atoms with Crippen LogP contribution in [0.15, 0.2) is 23.8 Å². The molecule has 0 amide bonds. The van der Waals surface area contributed by atoms with Gasteiger partial charge < -0.3 is 4.74 Å². The zero-order chi connectivity index (χ0) is 10.1. The molecule has 72 valence electrons. The van der Waals surface area contributed by atoms with Gasteiger partial charge in [0.1, 0.15) is 0 Å². The Kier molecular flexibility index (Phi) is 2.12. The minimum absolute atomic E-state index is 0.272. The lowest BCUT2D eigenvalue weighted by Gasteiger charge is -2.02. The molecule has 1 aromatic carbocycles. The summed E-state index contributed by atoms with van der Waals surface area (Å²) in [7, 11) is 1.40. The van der Waals surface area contributed by atoms with E-state index in [1.54, 1.807) is 0 Å². The van der Waals surface area contributed by atoms with Gasteiger partial charge in [-0.25, -0.2) is 4.79 Å². The van der Waals surface area contributed by atoms with Gasteiger partial charge in [-0.05, 0) is 36.6 Å². The molecule has 0 heterocycles. The molecule has 1 aromatic rings. The van der Waals surface area contributed by atoms with Crippen molar-refractivity contribution >= 4 is 12.0 Å². The molecule has 0 aromatic heterocycles. The van der Waals surface area contributed by atoms with Crippen molar-refractivity contribution in [3.05, 3.63) is 40.5 Å². The van der Waals surface area contributed by atoms with Gasteiger partial charge in [-0.3, -0.25) is 0 Å². The SMILES string of the molecule is COC(=O)c1ccc2c(c1)C=C(C)C2. The molecule has 0 spiro atoms. The van der Waals surface area contributed by atoms with Crippen molar-refractivity contribution in [2.45, 2.75) is 13.3 Å². The molecule has 2 nitrogen and oxygen atoms in total. The lowest BCUT2D eigenvalue weighted by molar-refractivity contribution is 0.0600. The van der Waals surface area contributed by atoms with E-state index in [1.807, 2.05) is 18.2 Å². The van der Waals surface area contributed by atoms with Gasteiger partial charge >= 0.3 is 5.97 Å². The lowest BCUT2D eigenvalue weighted by atomic mass is 10.1. The molecule has 2 rings (SSSR count). The van der Waals surface area contributed by atoms with Crippen LogP contribution < -0.4 is 0 Å². The van der Waals surface area contributed by atoms with Gasteiger partial charge in [-0.2, -0.15) is 0 Å². The third-order valence-electron chi connectivity index (χ3n) is 2.44. The van der Waals surface area contributed by atoms with E-state index >= 15 is 0 Å². The predicted molar refractivity (Wildman–Crippen MR) is 55.1 cm³/mol. The molecular weight excluding hydrogens is 176 g/mol. The van der Waals surface area contributed by atoms with Gasteiger partial charge in [0.05, 0.1) is 12.7 Å². The van der Waals surface area contributed by atoms with E-state index in [9.17, 15) is 4.79 Å². The summed E-state index contributed by atoms with van der Waals surface area (Å²) in [6.45, 7) is 2.10. The second kappa shape index (κ2) is 3.29. The number of hydrogen-bond acceptors (Lipinski definition) is 2. The maximum Gasteiger partial charge on any atom is 0.337 e. The molecule has 0 unspecified atom stereocenters. The lowest BCUT2D eigenvalue weighted by Crippen LogP contribution is -2.01. The van der Waals surface area contributed by atoms with E-state index in [4.69, 9.17) is 0 Å². The topological polar surface area (TPSA) is 26.3 Å². The molecule has 0 saturated carbocycles. The number of fused-ring (bicyclic) bond motifs is 1. The molecule has 0 N–H and O–H groups in total. The Bertz CT molecular complexity index is 416. The van der Waals surface area contributed by atoms with Crippen LogP contribution in [0.25, 0.3) is 6.08 Å². The zero-order valence-corrected chi connectivity index (χ0v) is 8.33. The van der Waals surface area contributed by atoms with Gasteiger partial charge in [0.25, 0.3) is 0 Å². The normalized spacial score (nSPS) is 13.4. The van der Waals surface area contributed by atoms with Crippen molar-refractivity contribution in [3.63, 3.8) is 0 Å². The second-order valence-corrected chi connectivity index (χ2v) is 3.57. The monoisotopic (exact) mass is 188 g/mol. The molecule has 0 fully saturated rings. The summed E-state index contributed by atoms with van der Waals surface area (Å²) in [6.07, 6.45) is 3.11. The van der Waals surface area contributed by atoms with Crippen LogP contribution >= 0.6 is 0 Å². The molecule has 14 heavy (non-hydrogen) atoms. The summed E-state index contributed by atoms with van der Waals surface area (Å²) in [6, 6.07) is 5.70. The number of hydrogen-bond donors (Lipinski definition) is 0. The zero-order valence-electron chi connectivity index (χ0n) is 8.33. The molecule has 2 heteroatoms. The molecule has 1 aliphatic carbocycles. The van der Waals surface area contributed by atoms with E-state index in [-0.39, 0.29) is 5.97 Å². The fourth-order valence-corrected chi connectivity index (χ4v) is 1.75. The number of benzene rings is 1. The van der Waals surface area contributed by atoms with Gasteiger partial charge in [0.2, 0.25) is 0 Å².